The molecule has 0 unspecified atom stereocenters. The van der Waals surface area contributed by atoms with E-state index in [9.17, 15) is 0 Å². The molecular formula is C20H25NO. The van der Waals surface area contributed by atoms with Crippen molar-refractivity contribution in [2.45, 2.75) is 19.8 Å². The maximum atomic E-state index is 5.40. The fourth-order valence-corrected chi connectivity index (χ4v) is 3.12. The first-order valence-corrected chi connectivity index (χ1v) is 8.28. The van der Waals surface area contributed by atoms with Crippen molar-refractivity contribution < 1.29 is 4.74 Å². The summed E-state index contributed by atoms with van der Waals surface area (Å²) in [6.45, 7) is 7.32. The third kappa shape index (κ3) is 3.96. The molecule has 22 heavy (non-hydrogen) atoms. The molecule has 1 aliphatic heterocycles. The van der Waals surface area contributed by atoms with Crippen molar-refractivity contribution in [2.75, 3.05) is 32.8 Å². The largest absolute Gasteiger partial charge is 0.379 e. The Kier molecular flexibility index (Phi) is 5.25. The lowest BCUT2D eigenvalue weighted by Crippen LogP contribution is -2.36. The summed E-state index contributed by atoms with van der Waals surface area (Å²) in [6.07, 6.45) is 2.37. The van der Waals surface area contributed by atoms with Crippen molar-refractivity contribution in [3.63, 3.8) is 0 Å². The minimum absolute atomic E-state index is 0.892. The van der Waals surface area contributed by atoms with Gasteiger partial charge in [0.15, 0.2) is 0 Å². The molecule has 2 aromatic rings. The second-order valence-electron chi connectivity index (χ2n) is 6.07. The van der Waals surface area contributed by atoms with Gasteiger partial charge in [-0.1, -0.05) is 48.5 Å². The smallest absolute Gasteiger partial charge is 0.0594 e. The van der Waals surface area contributed by atoms with Crippen LogP contribution in [0.5, 0.6) is 0 Å². The van der Waals surface area contributed by atoms with Crippen LogP contribution in [0.3, 0.4) is 0 Å². The van der Waals surface area contributed by atoms with Gasteiger partial charge in [0.25, 0.3) is 0 Å². The Labute approximate surface area is 133 Å². The molecule has 1 fully saturated rings. The molecule has 3 rings (SSSR count). The maximum absolute atomic E-state index is 5.40. The molecule has 0 spiro atoms. The van der Waals surface area contributed by atoms with Crippen LogP contribution in [-0.2, 0) is 11.2 Å². The average Bonchev–Trinajstić information content (AvgIpc) is 2.57. The number of nitrogens with zero attached hydrogens (tertiary/aromatic N) is 1. The van der Waals surface area contributed by atoms with Crippen LogP contribution in [0.1, 0.15) is 17.5 Å². The zero-order valence-corrected chi connectivity index (χ0v) is 13.4. The zero-order chi connectivity index (χ0) is 15.2. The van der Waals surface area contributed by atoms with Crippen molar-refractivity contribution >= 4 is 0 Å². The number of benzene rings is 2. The van der Waals surface area contributed by atoms with Gasteiger partial charge in [0.05, 0.1) is 13.2 Å². The highest BCUT2D eigenvalue weighted by molar-refractivity contribution is 5.67. The monoisotopic (exact) mass is 295 g/mol. The molecular weight excluding hydrogens is 270 g/mol. The summed E-state index contributed by atoms with van der Waals surface area (Å²) in [7, 11) is 0. The van der Waals surface area contributed by atoms with Crippen LogP contribution in [0.2, 0.25) is 0 Å². The van der Waals surface area contributed by atoms with E-state index in [1.807, 2.05) is 0 Å². The van der Waals surface area contributed by atoms with E-state index in [0.717, 1.165) is 32.7 Å². The fourth-order valence-electron chi connectivity index (χ4n) is 3.12. The predicted molar refractivity (Wildman–Crippen MR) is 92.2 cm³/mol. The van der Waals surface area contributed by atoms with E-state index in [1.54, 1.807) is 0 Å². The summed E-state index contributed by atoms with van der Waals surface area (Å²) in [5.41, 5.74) is 5.46. The molecule has 0 aromatic heterocycles. The molecule has 0 radical (unpaired) electrons. The first-order chi connectivity index (χ1) is 10.8. The molecule has 0 saturated carbocycles. The summed E-state index contributed by atoms with van der Waals surface area (Å²) >= 11 is 0. The molecule has 1 aliphatic rings. The molecule has 1 saturated heterocycles. The van der Waals surface area contributed by atoms with Crippen molar-refractivity contribution in [1.82, 2.24) is 4.90 Å². The van der Waals surface area contributed by atoms with Crippen LogP contribution in [0.25, 0.3) is 11.1 Å². The van der Waals surface area contributed by atoms with Crippen LogP contribution < -0.4 is 0 Å². The average molecular weight is 295 g/mol. The number of rotatable bonds is 5. The van der Waals surface area contributed by atoms with E-state index >= 15 is 0 Å². The van der Waals surface area contributed by atoms with Crippen LogP contribution in [-0.4, -0.2) is 37.7 Å². The number of ether oxygens (including phenoxy) is 1. The lowest BCUT2D eigenvalue weighted by molar-refractivity contribution is 0.0375. The lowest BCUT2D eigenvalue weighted by Gasteiger charge is -2.26. The molecule has 0 aliphatic carbocycles. The van der Waals surface area contributed by atoms with Gasteiger partial charge in [-0.3, -0.25) is 4.90 Å². The van der Waals surface area contributed by atoms with Crippen molar-refractivity contribution in [3.05, 3.63) is 59.7 Å². The highest BCUT2D eigenvalue weighted by atomic mass is 16.5. The Hall–Kier alpha value is -1.64. The first-order valence-electron chi connectivity index (χ1n) is 8.28. The molecule has 116 valence electrons. The van der Waals surface area contributed by atoms with Crippen molar-refractivity contribution in [2.24, 2.45) is 0 Å². The quantitative estimate of drug-likeness (QED) is 0.829. The Morgan fingerprint density at radius 1 is 1.00 bits per heavy atom. The number of hydrogen-bond acceptors (Lipinski definition) is 2. The summed E-state index contributed by atoms with van der Waals surface area (Å²) in [4.78, 5) is 2.51. The number of hydrogen-bond donors (Lipinski definition) is 0. The van der Waals surface area contributed by atoms with E-state index in [1.165, 1.54) is 35.2 Å². The third-order valence-corrected chi connectivity index (χ3v) is 4.43. The lowest BCUT2D eigenvalue weighted by atomic mass is 9.97. The predicted octanol–water partition coefficient (Wildman–Crippen LogP) is 3.93. The second-order valence-corrected chi connectivity index (χ2v) is 6.07. The van der Waals surface area contributed by atoms with Crippen LogP contribution in [0.4, 0.5) is 0 Å². The molecule has 2 heteroatoms. The van der Waals surface area contributed by atoms with E-state index in [4.69, 9.17) is 4.74 Å². The van der Waals surface area contributed by atoms with Crippen molar-refractivity contribution in [1.29, 1.82) is 0 Å². The Bertz CT molecular complexity index is 602. The zero-order valence-electron chi connectivity index (χ0n) is 13.4. The van der Waals surface area contributed by atoms with Crippen molar-refractivity contribution in [3.8, 4) is 11.1 Å². The Balaban J connectivity index is 1.60. The van der Waals surface area contributed by atoms with Crippen LogP contribution in [0, 0.1) is 6.92 Å². The fraction of sp³-hybridized carbons (Fsp3) is 0.400. The highest BCUT2D eigenvalue weighted by Crippen LogP contribution is 2.24. The molecule has 1 heterocycles. The number of morpholine rings is 1. The SMILES string of the molecule is Cc1ccccc1-c1cccc(CCCN2CCOCC2)c1. The maximum Gasteiger partial charge on any atom is 0.0594 e. The Morgan fingerprint density at radius 2 is 1.82 bits per heavy atom. The standard InChI is InChI=1S/C20H25NO/c1-17-6-2-3-10-20(17)19-9-4-7-18(16-19)8-5-11-21-12-14-22-15-13-21/h2-4,6-7,9-10,16H,5,8,11-15H2,1H3. The second kappa shape index (κ2) is 7.57. The summed E-state index contributed by atoms with van der Waals surface area (Å²) in [6, 6.07) is 17.6. The van der Waals surface area contributed by atoms with E-state index in [0.29, 0.717) is 0 Å². The van der Waals surface area contributed by atoms with E-state index in [-0.39, 0.29) is 0 Å². The third-order valence-electron chi connectivity index (χ3n) is 4.43. The molecule has 2 nitrogen and oxygen atoms in total. The van der Waals surface area contributed by atoms with Gasteiger partial charge >= 0.3 is 0 Å². The van der Waals surface area contributed by atoms with Gasteiger partial charge in [0, 0.05) is 13.1 Å². The van der Waals surface area contributed by atoms with E-state index in [2.05, 4.69) is 60.4 Å². The summed E-state index contributed by atoms with van der Waals surface area (Å²) in [5, 5.41) is 0. The Morgan fingerprint density at radius 3 is 2.64 bits per heavy atom. The van der Waals surface area contributed by atoms with Gasteiger partial charge in [0.2, 0.25) is 0 Å². The first kappa shape index (κ1) is 15.3. The van der Waals surface area contributed by atoms with Crippen LogP contribution >= 0.6 is 0 Å². The van der Waals surface area contributed by atoms with Gasteiger partial charge in [-0.2, -0.15) is 0 Å². The van der Waals surface area contributed by atoms with Gasteiger partial charge in [-0.15, -0.1) is 0 Å². The van der Waals surface area contributed by atoms with Gasteiger partial charge in [0.1, 0.15) is 0 Å². The number of aryl methyl sites for hydroxylation is 2. The summed E-state index contributed by atoms with van der Waals surface area (Å²) in [5.74, 6) is 0. The molecule has 0 bridgehead atoms. The summed E-state index contributed by atoms with van der Waals surface area (Å²) < 4.78 is 5.40. The topological polar surface area (TPSA) is 12.5 Å². The highest BCUT2D eigenvalue weighted by Gasteiger charge is 2.09. The molecule has 2 aromatic carbocycles. The molecule has 0 atom stereocenters. The minimum atomic E-state index is 0.892. The van der Waals surface area contributed by atoms with Crippen LogP contribution in [0.15, 0.2) is 48.5 Å². The van der Waals surface area contributed by atoms with Gasteiger partial charge < -0.3 is 4.74 Å². The molecule has 0 amide bonds. The van der Waals surface area contributed by atoms with E-state index < -0.39 is 0 Å². The normalized spacial score (nSPS) is 15.9. The van der Waals surface area contributed by atoms with Gasteiger partial charge in [-0.05, 0) is 48.6 Å². The molecule has 0 N–H and O–H groups in total. The minimum Gasteiger partial charge on any atom is -0.379 e. The van der Waals surface area contributed by atoms with Gasteiger partial charge in [-0.25, -0.2) is 0 Å².